The second-order valence-electron chi connectivity index (χ2n) is 8.97. The van der Waals surface area contributed by atoms with Crippen molar-refractivity contribution in [2.24, 2.45) is 11.3 Å². The monoisotopic (exact) mass is 332 g/mol. The number of rotatable bonds is 3. The molecule has 0 aliphatic heterocycles. The van der Waals surface area contributed by atoms with Crippen molar-refractivity contribution in [2.75, 3.05) is 13.7 Å². The Labute approximate surface area is 146 Å². The predicted octanol–water partition coefficient (Wildman–Crippen LogP) is 3.54. The SMILES string of the molecule is COC(C)(C)c1ccc2c(c1)CC[C@H]1[C@](C)(CO)C[C@H](O)C[C@]21C. The van der Waals surface area contributed by atoms with Crippen LogP contribution in [0.3, 0.4) is 0 Å². The van der Waals surface area contributed by atoms with E-state index in [0.717, 1.165) is 19.3 Å². The number of aryl methyl sites for hydroxylation is 1. The van der Waals surface area contributed by atoms with Crippen molar-refractivity contribution in [3.63, 3.8) is 0 Å². The van der Waals surface area contributed by atoms with Gasteiger partial charge in [0.25, 0.3) is 0 Å². The highest BCUT2D eigenvalue weighted by atomic mass is 16.5. The Morgan fingerprint density at radius 1 is 1.25 bits per heavy atom. The number of methoxy groups -OCH3 is 1. The van der Waals surface area contributed by atoms with Gasteiger partial charge in [-0.25, -0.2) is 0 Å². The summed E-state index contributed by atoms with van der Waals surface area (Å²) in [5.41, 5.74) is 3.37. The lowest BCUT2D eigenvalue weighted by molar-refractivity contribution is -0.0735. The molecular weight excluding hydrogens is 300 g/mol. The van der Waals surface area contributed by atoms with Crippen LogP contribution in [-0.2, 0) is 22.2 Å². The number of aliphatic hydroxyl groups is 2. The first-order valence-electron chi connectivity index (χ1n) is 9.14. The molecule has 3 nitrogen and oxygen atoms in total. The minimum absolute atomic E-state index is 0.0710. The van der Waals surface area contributed by atoms with Crippen LogP contribution in [0.5, 0.6) is 0 Å². The fraction of sp³-hybridized carbons (Fsp3) is 0.714. The second kappa shape index (κ2) is 5.82. The van der Waals surface area contributed by atoms with Crippen LogP contribution in [0.2, 0.25) is 0 Å². The second-order valence-corrected chi connectivity index (χ2v) is 8.97. The molecule has 3 rings (SSSR count). The first-order valence-corrected chi connectivity index (χ1v) is 9.14. The van der Waals surface area contributed by atoms with Crippen molar-refractivity contribution in [2.45, 2.75) is 70.5 Å². The highest BCUT2D eigenvalue weighted by Crippen LogP contribution is 2.57. The molecule has 0 heterocycles. The van der Waals surface area contributed by atoms with Crippen LogP contribution in [-0.4, -0.2) is 30.0 Å². The summed E-state index contributed by atoms with van der Waals surface area (Å²) >= 11 is 0. The van der Waals surface area contributed by atoms with Crippen LogP contribution >= 0.6 is 0 Å². The Kier molecular flexibility index (Phi) is 4.35. The van der Waals surface area contributed by atoms with Gasteiger partial charge in [-0.05, 0) is 73.0 Å². The number of hydrogen-bond acceptors (Lipinski definition) is 3. The third-order valence-corrected chi connectivity index (χ3v) is 6.96. The molecule has 0 amide bonds. The van der Waals surface area contributed by atoms with Crippen LogP contribution in [0.25, 0.3) is 0 Å². The fourth-order valence-corrected chi connectivity index (χ4v) is 5.44. The lowest BCUT2D eigenvalue weighted by atomic mass is 9.49. The molecule has 24 heavy (non-hydrogen) atoms. The van der Waals surface area contributed by atoms with Gasteiger partial charge in [0.1, 0.15) is 0 Å². The van der Waals surface area contributed by atoms with E-state index in [2.05, 4.69) is 45.9 Å². The van der Waals surface area contributed by atoms with Crippen molar-refractivity contribution >= 4 is 0 Å². The molecule has 3 heteroatoms. The number of benzene rings is 1. The highest BCUT2D eigenvalue weighted by molar-refractivity contribution is 5.43. The van der Waals surface area contributed by atoms with Crippen molar-refractivity contribution < 1.29 is 14.9 Å². The first-order chi connectivity index (χ1) is 11.2. The average Bonchev–Trinajstić information content (AvgIpc) is 2.53. The van der Waals surface area contributed by atoms with Crippen LogP contribution in [0.4, 0.5) is 0 Å². The fourth-order valence-electron chi connectivity index (χ4n) is 5.44. The molecule has 134 valence electrons. The van der Waals surface area contributed by atoms with Crippen molar-refractivity contribution in [1.29, 1.82) is 0 Å². The molecule has 4 atom stereocenters. The summed E-state index contributed by atoms with van der Waals surface area (Å²) in [5, 5.41) is 20.5. The summed E-state index contributed by atoms with van der Waals surface area (Å²) in [6, 6.07) is 6.71. The molecule has 0 aromatic heterocycles. The van der Waals surface area contributed by atoms with Gasteiger partial charge in [-0.2, -0.15) is 0 Å². The van der Waals surface area contributed by atoms with Gasteiger partial charge < -0.3 is 14.9 Å². The Hall–Kier alpha value is -0.900. The molecule has 0 bridgehead atoms. The number of aliphatic hydroxyl groups excluding tert-OH is 2. The molecule has 2 aliphatic rings. The Balaban J connectivity index is 2.07. The summed E-state index contributed by atoms with van der Waals surface area (Å²) in [5.74, 6) is 0.409. The van der Waals surface area contributed by atoms with Crippen LogP contribution in [0.1, 0.15) is 63.6 Å². The Bertz CT molecular complexity index is 624. The number of ether oxygens (including phenoxy) is 1. The van der Waals surface area contributed by atoms with E-state index in [9.17, 15) is 10.2 Å². The van der Waals surface area contributed by atoms with Gasteiger partial charge in [0.15, 0.2) is 0 Å². The number of hydrogen-bond donors (Lipinski definition) is 2. The van der Waals surface area contributed by atoms with E-state index in [1.165, 1.54) is 16.7 Å². The lowest BCUT2D eigenvalue weighted by Gasteiger charge is -2.56. The Morgan fingerprint density at radius 3 is 2.58 bits per heavy atom. The van der Waals surface area contributed by atoms with E-state index < -0.39 is 0 Å². The minimum Gasteiger partial charge on any atom is -0.396 e. The zero-order chi connectivity index (χ0) is 17.8. The van der Waals surface area contributed by atoms with Gasteiger partial charge in [0.2, 0.25) is 0 Å². The van der Waals surface area contributed by atoms with Crippen molar-refractivity contribution in [1.82, 2.24) is 0 Å². The van der Waals surface area contributed by atoms with Gasteiger partial charge in [0, 0.05) is 13.7 Å². The summed E-state index contributed by atoms with van der Waals surface area (Å²) in [4.78, 5) is 0. The van der Waals surface area contributed by atoms with Crippen molar-refractivity contribution in [3.8, 4) is 0 Å². The maximum Gasteiger partial charge on any atom is 0.0871 e. The van der Waals surface area contributed by atoms with Crippen LogP contribution < -0.4 is 0 Å². The summed E-state index contributed by atoms with van der Waals surface area (Å²) in [6.07, 6.45) is 3.25. The highest BCUT2D eigenvalue weighted by Gasteiger charge is 2.54. The van der Waals surface area contributed by atoms with E-state index in [-0.39, 0.29) is 29.1 Å². The predicted molar refractivity (Wildman–Crippen MR) is 96.1 cm³/mol. The zero-order valence-corrected chi connectivity index (χ0v) is 15.7. The maximum absolute atomic E-state index is 10.5. The molecule has 0 radical (unpaired) electrons. The molecule has 0 unspecified atom stereocenters. The topological polar surface area (TPSA) is 49.7 Å². The zero-order valence-electron chi connectivity index (χ0n) is 15.7. The van der Waals surface area contributed by atoms with E-state index in [0.29, 0.717) is 12.3 Å². The molecule has 0 spiro atoms. The smallest absolute Gasteiger partial charge is 0.0871 e. The molecule has 0 saturated heterocycles. The standard InChI is InChI=1S/C21H32O3/c1-19(2,24-5)15-7-8-17-14(10-15)6-9-18-20(3,13-22)11-16(23)12-21(17,18)4/h7-8,10,16,18,22-23H,6,9,11-13H2,1-5H3/t16-,18-,20-,21+/m0/s1. The van der Waals surface area contributed by atoms with E-state index in [1.54, 1.807) is 7.11 Å². The average molecular weight is 332 g/mol. The molecular formula is C21H32O3. The summed E-state index contributed by atoms with van der Waals surface area (Å²) < 4.78 is 5.64. The van der Waals surface area contributed by atoms with E-state index >= 15 is 0 Å². The molecule has 2 aliphatic carbocycles. The molecule has 1 fully saturated rings. The number of fused-ring (bicyclic) bond motifs is 3. The van der Waals surface area contributed by atoms with Crippen molar-refractivity contribution in [3.05, 3.63) is 34.9 Å². The molecule has 1 aromatic rings. The summed E-state index contributed by atoms with van der Waals surface area (Å²) in [7, 11) is 1.75. The van der Waals surface area contributed by atoms with Crippen LogP contribution in [0, 0.1) is 11.3 Å². The van der Waals surface area contributed by atoms with E-state index in [1.807, 2.05) is 0 Å². The van der Waals surface area contributed by atoms with Gasteiger partial charge in [-0.3, -0.25) is 0 Å². The van der Waals surface area contributed by atoms with Gasteiger partial charge >= 0.3 is 0 Å². The molecule has 1 aromatic carbocycles. The third-order valence-electron chi connectivity index (χ3n) is 6.96. The van der Waals surface area contributed by atoms with E-state index in [4.69, 9.17) is 4.74 Å². The Morgan fingerprint density at radius 2 is 1.96 bits per heavy atom. The largest absolute Gasteiger partial charge is 0.396 e. The van der Waals surface area contributed by atoms with Gasteiger partial charge in [-0.15, -0.1) is 0 Å². The lowest BCUT2D eigenvalue weighted by Crippen LogP contribution is -2.54. The summed E-state index contributed by atoms with van der Waals surface area (Å²) in [6.45, 7) is 8.76. The molecule has 1 saturated carbocycles. The van der Waals surface area contributed by atoms with Gasteiger partial charge in [-0.1, -0.05) is 32.0 Å². The normalized spacial score (nSPS) is 36.1. The van der Waals surface area contributed by atoms with Gasteiger partial charge in [0.05, 0.1) is 11.7 Å². The minimum atomic E-state index is -0.343. The van der Waals surface area contributed by atoms with Crippen LogP contribution in [0.15, 0.2) is 18.2 Å². The quantitative estimate of drug-likeness (QED) is 0.890. The maximum atomic E-state index is 10.5. The third kappa shape index (κ3) is 2.61. The first kappa shape index (κ1) is 17.9. The molecule has 2 N–H and O–H groups in total.